The van der Waals surface area contributed by atoms with Gasteiger partial charge in [0.15, 0.2) is 0 Å². The highest BCUT2D eigenvalue weighted by Gasteiger charge is 2.35. The number of likely N-dealkylation sites (tertiary alicyclic amines) is 1. The molecule has 1 fully saturated rings. The van der Waals surface area contributed by atoms with Gasteiger partial charge >= 0.3 is 18.2 Å². The first-order valence-electron chi connectivity index (χ1n) is 13.9. The van der Waals surface area contributed by atoms with Crippen LogP contribution in [0.5, 0.6) is 0 Å². The predicted octanol–water partition coefficient (Wildman–Crippen LogP) is 6.69. The van der Waals surface area contributed by atoms with Crippen LogP contribution in [0.15, 0.2) is 60.0 Å². The summed E-state index contributed by atoms with van der Waals surface area (Å²) in [6.07, 6.45) is 0.614. The first kappa shape index (κ1) is 28.7. The van der Waals surface area contributed by atoms with Crippen molar-refractivity contribution in [3.63, 3.8) is 0 Å². The first-order chi connectivity index (χ1) is 19.6. The standard InChI is InChI=1S/C32H36N2O6S/c1-32(2,3)40-30(36)33-15-9-10-22(17-33)34(18-23-16-21(20-41-23)29(35)38-4)31(37)39-19-28-26-13-7-5-11-24(26)25-12-6-8-14-27(25)28/h5-8,11-14,16,20,22,28H,9-10,15,17-19H2,1-4H3/t22-/m0/s1. The van der Waals surface area contributed by atoms with Crippen molar-refractivity contribution in [3.8, 4) is 11.1 Å². The van der Waals surface area contributed by atoms with E-state index >= 15 is 0 Å². The van der Waals surface area contributed by atoms with Crippen LogP contribution in [0.2, 0.25) is 0 Å². The Balaban J connectivity index is 1.36. The molecule has 1 atom stereocenters. The van der Waals surface area contributed by atoms with E-state index in [-0.39, 0.29) is 25.1 Å². The smallest absolute Gasteiger partial charge is 0.410 e. The van der Waals surface area contributed by atoms with Crippen LogP contribution in [-0.2, 0) is 20.8 Å². The number of fused-ring (bicyclic) bond motifs is 3. The first-order valence-corrected chi connectivity index (χ1v) is 14.8. The molecule has 41 heavy (non-hydrogen) atoms. The number of ether oxygens (including phenoxy) is 3. The van der Waals surface area contributed by atoms with E-state index in [1.807, 2.05) is 45.0 Å². The van der Waals surface area contributed by atoms with Gasteiger partial charge in [-0.3, -0.25) is 4.90 Å². The SMILES string of the molecule is COC(=O)c1csc(CN(C(=O)OCC2c3ccccc3-c3ccccc32)[C@H]2CCCN(C(=O)OC(C)(C)C)C2)c1. The van der Waals surface area contributed by atoms with Gasteiger partial charge in [-0.15, -0.1) is 11.3 Å². The summed E-state index contributed by atoms with van der Waals surface area (Å²) in [6.45, 7) is 6.87. The fraction of sp³-hybridized carbons (Fsp3) is 0.406. The number of esters is 1. The number of thiophene rings is 1. The maximum atomic E-state index is 13.8. The Morgan fingerprint density at radius 3 is 2.32 bits per heavy atom. The molecule has 0 unspecified atom stereocenters. The van der Waals surface area contributed by atoms with Gasteiger partial charge < -0.3 is 19.1 Å². The van der Waals surface area contributed by atoms with Crippen molar-refractivity contribution >= 4 is 29.5 Å². The van der Waals surface area contributed by atoms with Gasteiger partial charge in [0.05, 0.1) is 25.3 Å². The van der Waals surface area contributed by atoms with Crippen LogP contribution in [0.3, 0.4) is 0 Å². The number of carbonyl (C=O) groups excluding carboxylic acids is 3. The molecule has 0 bridgehead atoms. The molecule has 0 saturated carbocycles. The highest BCUT2D eigenvalue weighted by Crippen LogP contribution is 2.44. The Bertz CT molecular complexity index is 1380. The molecule has 2 heterocycles. The summed E-state index contributed by atoms with van der Waals surface area (Å²) in [5.41, 5.74) is 4.44. The lowest BCUT2D eigenvalue weighted by Gasteiger charge is -2.39. The third kappa shape index (κ3) is 6.40. The lowest BCUT2D eigenvalue weighted by molar-refractivity contribution is 0.00807. The molecule has 1 aromatic heterocycles. The molecule has 0 spiro atoms. The Morgan fingerprint density at radius 2 is 1.68 bits per heavy atom. The van der Waals surface area contributed by atoms with Gasteiger partial charge in [-0.1, -0.05) is 48.5 Å². The van der Waals surface area contributed by atoms with Gasteiger partial charge in [0, 0.05) is 29.3 Å². The molecule has 0 N–H and O–H groups in total. The molecular weight excluding hydrogens is 540 g/mol. The van der Waals surface area contributed by atoms with Crippen LogP contribution in [-0.4, -0.2) is 66.4 Å². The predicted molar refractivity (Wildman–Crippen MR) is 157 cm³/mol. The molecule has 5 rings (SSSR count). The average molecular weight is 577 g/mol. The highest BCUT2D eigenvalue weighted by atomic mass is 32.1. The van der Waals surface area contributed by atoms with E-state index in [2.05, 4.69) is 24.3 Å². The van der Waals surface area contributed by atoms with Crippen molar-refractivity contribution in [2.75, 3.05) is 26.8 Å². The van der Waals surface area contributed by atoms with Gasteiger partial charge in [-0.25, -0.2) is 14.4 Å². The second-order valence-electron chi connectivity index (χ2n) is 11.4. The van der Waals surface area contributed by atoms with Crippen molar-refractivity contribution < 1.29 is 28.6 Å². The lowest BCUT2D eigenvalue weighted by atomic mass is 9.98. The maximum Gasteiger partial charge on any atom is 0.410 e. The molecule has 2 amide bonds. The van der Waals surface area contributed by atoms with Crippen molar-refractivity contribution in [2.24, 2.45) is 0 Å². The molecule has 1 saturated heterocycles. The molecule has 2 aliphatic rings. The summed E-state index contributed by atoms with van der Waals surface area (Å²) in [6, 6.07) is 17.9. The van der Waals surface area contributed by atoms with Gasteiger partial charge in [0.2, 0.25) is 0 Å². The second-order valence-corrected chi connectivity index (χ2v) is 12.4. The summed E-state index contributed by atoms with van der Waals surface area (Å²) < 4.78 is 16.5. The fourth-order valence-corrected chi connectivity index (χ4v) is 6.43. The van der Waals surface area contributed by atoms with E-state index in [9.17, 15) is 14.4 Å². The Kier molecular flexibility index (Phi) is 8.35. The Hall–Kier alpha value is -3.85. The van der Waals surface area contributed by atoms with E-state index in [0.717, 1.165) is 40.0 Å². The third-order valence-corrected chi connectivity index (χ3v) is 8.38. The molecule has 216 valence electrons. The number of nitrogens with zero attached hydrogens (tertiary/aromatic N) is 2. The zero-order valence-electron chi connectivity index (χ0n) is 23.9. The van der Waals surface area contributed by atoms with Crippen LogP contribution in [0.1, 0.15) is 65.9 Å². The fourth-order valence-electron chi connectivity index (χ4n) is 5.58. The molecule has 1 aliphatic heterocycles. The minimum absolute atomic E-state index is 0.0644. The molecular formula is C32H36N2O6S. The summed E-state index contributed by atoms with van der Waals surface area (Å²) in [7, 11) is 1.34. The normalized spacial score (nSPS) is 16.5. The molecule has 2 aromatic carbocycles. The van der Waals surface area contributed by atoms with Gasteiger partial charge in [-0.2, -0.15) is 0 Å². The topological polar surface area (TPSA) is 85.4 Å². The quantitative estimate of drug-likeness (QED) is 0.240. The minimum Gasteiger partial charge on any atom is -0.465 e. The maximum absolute atomic E-state index is 13.8. The van der Waals surface area contributed by atoms with Crippen LogP contribution >= 0.6 is 11.3 Å². The summed E-state index contributed by atoms with van der Waals surface area (Å²) >= 11 is 1.39. The van der Waals surface area contributed by atoms with Crippen LogP contribution in [0, 0.1) is 0 Å². The van der Waals surface area contributed by atoms with Crippen molar-refractivity contribution in [3.05, 3.63) is 81.5 Å². The Morgan fingerprint density at radius 1 is 1.02 bits per heavy atom. The van der Waals surface area contributed by atoms with Crippen LogP contribution in [0.25, 0.3) is 11.1 Å². The molecule has 8 nitrogen and oxygen atoms in total. The van der Waals surface area contributed by atoms with Crippen LogP contribution in [0.4, 0.5) is 9.59 Å². The molecule has 1 aliphatic carbocycles. The van der Waals surface area contributed by atoms with Crippen molar-refractivity contribution in [2.45, 2.75) is 57.7 Å². The molecule has 0 radical (unpaired) electrons. The number of amides is 2. The number of benzene rings is 2. The van der Waals surface area contributed by atoms with E-state index in [1.165, 1.54) is 18.4 Å². The summed E-state index contributed by atoms with van der Waals surface area (Å²) in [5.74, 6) is -0.487. The van der Waals surface area contributed by atoms with E-state index < -0.39 is 23.8 Å². The summed E-state index contributed by atoms with van der Waals surface area (Å²) in [4.78, 5) is 42.9. The zero-order valence-corrected chi connectivity index (χ0v) is 24.7. The van der Waals surface area contributed by atoms with E-state index in [0.29, 0.717) is 18.7 Å². The van der Waals surface area contributed by atoms with Crippen molar-refractivity contribution in [1.82, 2.24) is 9.80 Å². The van der Waals surface area contributed by atoms with Gasteiger partial charge in [0.1, 0.15) is 12.2 Å². The third-order valence-electron chi connectivity index (χ3n) is 7.46. The van der Waals surface area contributed by atoms with Gasteiger partial charge in [0.25, 0.3) is 0 Å². The minimum atomic E-state index is -0.613. The van der Waals surface area contributed by atoms with Gasteiger partial charge in [-0.05, 0) is 61.9 Å². The average Bonchev–Trinajstić information content (AvgIpc) is 3.56. The zero-order chi connectivity index (χ0) is 29.1. The monoisotopic (exact) mass is 576 g/mol. The van der Waals surface area contributed by atoms with E-state index in [1.54, 1.807) is 21.2 Å². The highest BCUT2D eigenvalue weighted by molar-refractivity contribution is 7.10. The lowest BCUT2D eigenvalue weighted by Crippen LogP contribution is -2.52. The number of piperidine rings is 1. The Labute approximate surface area is 244 Å². The van der Waals surface area contributed by atoms with E-state index in [4.69, 9.17) is 14.2 Å². The number of hydrogen-bond donors (Lipinski definition) is 0. The van der Waals surface area contributed by atoms with Crippen molar-refractivity contribution in [1.29, 1.82) is 0 Å². The van der Waals surface area contributed by atoms with Crippen LogP contribution < -0.4 is 0 Å². The largest absolute Gasteiger partial charge is 0.465 e. The molecule has 9 heteroatoms. The molecule has 3 aromatic rings. The number of carbonyl (C=O) groups is 3. The number of rotatable bonds is 6. The summed E-state index contributed by atoms with van der Waals surface area (Å²) in [5, 5.41) is 1.73. The number of hydrogen-bond acceptors (Lipinski definition) is 7. The number of methoxy groups -OCH3 is 1. The second kappa shape index (κ2) is 11.9.